The van der Waals surface area contributed by atoms with Gasteiger partial charge in [-0.2, -0.15) is 0 Å². The lowest BCUT2D eigenvalue weighted by atomic mass is 10.1. The number of rotatable bonds is 17. The molecule has 0 amide bonds. The van der Waals surface area contributed by atoms with E-state index in [1.807, 2.05) is 0 Å². The number of hydrogen-bond acceptors (Lipinski definition) is 0. The van der Waals surface area contributed by atoms with Gasteiger partial charge in [-0.3, -0.25) is 0 Å². The first-order valence-corrected chi connectivity index (χ1v) is 13.1. The van der Waals surface area contributed by atoms with E-state index in [0.29, 0.717) is 0 Å². The van der Waals surface area contributed by atoms with Crippen molar-refractivity contribution >= 4 is 7.26 Å². The molecule has 22 heavy (non-hydrogen) atoms. The van der Waals surface area contributed by atoms with Crippen molar-refractivity contribution in [2.45, 2.75) is 111 Å². The van der Waals surface area contributed by atoms with Crippen LogP contribution in [0.15, 0.2) is 0 Å². The highest BCUT2D eigenvalue weighted by Gasteiger charge is 2.33. The molecule has 0 aromatic heterocycles. The zero-order valence-electron chi connectivity index (χ0n) is 16.5. The summed E-state index contributed by atoms with van der Waals surface area (Å²) in [6, 6.07) is 0. The van der Waals surface area contributed by atoms with Crippen molar-refractivity contribution in [2.75, 3.05) is 24.6 Å². The Kier molecular flexibility index (Phi) is 16.6. The van der Waals surface area contributed by atoms with Crippen LogP contribution in [0.3, 0.4) is 0 Å². The van der Waals surface area contributed by atoms with Crippen molar-refractivity contribution in [3.8, 4) is 0 Å². The van der Waals surface area contributed by atoms with Crippen LogP contribution in [0.2, 0.25) is 0 Å². The highest BCUT2D eigenvalue weighted by Crippen LogP contribution is 2.60. The van der Waals surface area contributed by atoms with Gasteiger partial charge in [0.2, 0.25) is 0 Å². The molecule has 0 saturated carbocycles. The molecule has 0 N–H and O–H groups in total. The van der Waals surface area contributed by atoms with Crippen LogP contribution in [-0.2, 0) is 0 Å². The Morgan fingerprint density at radius 1 is 0.409 bits per heavy atom. The van der Waals surface area contributed by atoms with Crippen molar-refractivity contribution in [3.05, 3.63) is 0 Å². The quantitative estimate of drug-likeness (QED) is 0.186. The van der Waals surface area contributed by atoms with E-state index in [9.17, 15) is 0 Å². The van der Waals surface area contributed by atoms with Crippen LogP contribution in [0.5, 0.6) is 0 Å². The Morgan fingerprint density at radius 2 is 0.727 bits per heavy atom. The lowest BCUT2D eigenvalue weighted by molar-refractivity contribution is 0.624. The van der Waals surface area contributed by atoms with Gasteiger partial charge in [0.05, 0.1) is 24.6 Å². The molecule has 0 spiro atoms. The van der Waals surface area contributed by atoms with E-state index in [-0.39, 0.29) is 0 Å². The Bertz CT molecular complexity index is 214. The average Bonchev–Trinajstić information content (AvgIpc) is 2.54. The van der Waals surface area contributed by atoms with Gasteiger partial charge in [0.15, 0.2) is 0 Å². The molecule has 1 atom stereocenters. The maximum absolute atomic E-state index is 2.51. The highest BCUT2D eigenvalue weighted by molar-refractivity contribution is 7.75. The summed E-state index contributed by atoms with van der Waals surface area (Å²) < 4.78 is 0. The normalized spacial score (nSPS) is 14.2. The minimum atomic E-state index is -0.603. The van der Waals surface area contributed by atoms with E-state index in [2.05, 4.69) is 27.7 Å². The van der Waals surface area contributed by atoms with Gasteiger partial charge in [0.25, 0.3) is 0 Å². The minimum Gasteiger partial charge on any atom is -0.0654 e. The molecule has 0 aliphatic carbocycles. The lowest BCUT2D eigenvalue weighted by Gasteiger charge is -2.27. The van der Waals surface area contributed by atoms with Gasteiger partial charge >= 0.3 is 0 Å². The first kappa shape index (κ1) is 22.4. The summed E-state index contributed by atoms with van der Waals surface area (Å²) in [5, 5.41) is 0. The molecule has 0 aliphatic heterocycles. The highest BCUT2D eigenvalue weighted by atomic mass is 31.2. The summed E-state index contributed by atoms with van der Waals surface area (Å²) in [6.45, 7) is 9.51. The molecule has 0 aromatic rings. The third-order valence-corrected chi connectivity index (χ3v) is 10.5. The molecule has 0 aromatic carbocycles. The van der Waals surface area contributed by atoms with Crippen molar-refractivity contribution in [2.24, 2.45) is 0 Å². The Balaban J connectivity index is 4.15. The molecule has 0 bridgehead atoms. The number of hydrogen-bond donors (Lipinski definition) is 0. The van der Waals surface area contributed by atoms with Gasteiger partial charge in [-0.1, -0.05) is 72.1 Å². The van der Waals surface area contributed by atoms with E-state index in [1.54, 1.807) is 18.5 Å². The van der Waals surface area contributed by atoms with Gasteiger partial charge in [0, 0.05) is 7.26 Å². The second-order valence-electron chi connectivity index (χ2n) is 7.36. The largest absolute Gasteiger partial charge is 0.0654 e. The first-order valence-electron chi connectivity index (χ1n) is 10.6. The summed E-state index contributed by atoms with van der Waals surface area (Å²) in [5.41, 5.74) is 0. The maximum Gasteiger partial charge on any atom is 0.0594 e. The van der Waals surface area contributed by atoms with Crippen LogP contribution in [-0.4, -0.2) is 24.6 Å². The van der Waals surface area contributed by atoms with Crippen molar-refractivity contribution in [3.63, 3.8) is 0 Å². The number of unbranched alkanes of at least 4 members (excludes halogenated alkanes) is 10. The SMILES string of the molecule is CCCCCCCC[P+](CC)(CCCCC)CCCCCC. The van der Waals surface area contributed by atoms with Crippen LogP contribution < -0.4 is 0 Å². The fraction of sp³-hybridized carbons (Fsp3) is 1.00. The van der Waals surface area contributed by atoms with Crippen LogP contribution in [0, 0.1) is 0 Å². The molecule has 0 heterocycles. The molecular formula is C21H46P+. The van der Waals surface area contributed by atoms with Crippen LogP contribution >= 0.6 is 7.26 Å². The van der Waals surface area contributed by atoms with Crippen molar-refractivity contribution in [1.29, 1.82) is 0 Å². The molecule has 0 rings (SSSR count). The summed E-state index contributed by atoms with van der Waals surface area (Å²) in [4.78, 5) is 0. The molecule has 134 valence electrons. The summed E-state index contributed by atoms with van der Waals surface area (Å²) in [7, 11) is -0.603. The van der Waals surface area contributed by atoms with Crippen LogP contribution in [0.4, 0.5) is 0 Å². The molecule has 0 radical (unpaired) electrons. The standard InChI is InChI=1S/C21H46P/c1-5-9-12-14-15-18-21-22(8-4,19-16-11-7-3)20-17-13-10-6-2/h5-21H2,1-4H3/q+1. The molecule has 0 fully saturated rings. The van der Waals surface area contributed by atoms with E-state index >= 15 is 0 Å². The third kappa shape index (κ3) is 11.9. The smallest absolute Gasteiger partial charge is 0.0594 e. The third-order valence-electron chi connectivity index (χ3n) is 5.38. The van der Waals surface area contributed by atoms with E-state index in [4.69, 9.17) is 0 Å². The van der Waals surface area contributed by atoms with Crippen LogP contribution in [0.25, 0.3) is 0 Å². The zero-order chi connectivity index (χ0) is 16.5. The van der Waals surface area contributed by atoms with Crippen molar-refractivity contribution in [1.82, 2.24) is 0 Å². The summed E-state index contributed by atoms with van der Waals surface area (Å²) in [5.74, 6) is 0. The first-order chi connectivity index (χ1) is 10.7. The van der Waals surface area contributed by atoms with Gasteiger partial charge in [-0.25, -0.2) is 0 Å². The summed E-state index contributed by atoms with van der Waals surface area (Å²) >= 11 is 0. The van der Waals surface area contributed by atoms with Crippen molar-refractivity contribution < 1.29 is 0 Å². The second kappa shape index (κ2) is 16.3. The van der Waals surface area contributed by atoms with Crippen LogP contribution in [0.1, 0.15) is 111 Å². The average molecular weight is 330 g/mol. The predicted molar refractivity (Wildman–Crippen MR) is 109 cm³/mol. The van der Waals surface area contributed by atoms with Gasteiger partial charge in [0.1, 0.15) is 0 Å². The predicted octanol–water partition coefficient (Wildman–Crippen LogP) is 8.15. The lowest BCUT2D eigenvalue weighted by Crippen LogP contribution is -2.11. The minimum absolute atomic E-state index is 0.603. The molecule has 1 heteroatoms. The maximum atomic E-state index is 2.51. The Labute approximate surface area is 143 Å². The van der Waals surface area contributed by atoms with E-state index < -0.39 is 7.26 Å². The molecule has 0 saturated heterocycles. The molecule has 0 aliphatic rings. The van der Waals surface area contributed by atoms with Gasteiger partial charge < -0.3 is 0 Å². The zero-order valence-corrected chi connectivity index (χ0v) is 17.4. The monoisotopic (exact) mass is 329 g/mol. The Morgan fingerprint density at radius 3 is 1.18 bits per heavy atom. The van der Waals surface area contributed by atoms with E-state index in [0.717, 1.165) is 0 Å². The fourth-order valence-corrected chi connectivity index (χ4v) is 7.91. The molecular weight excluding hydrogens is 283 g/mol. The summed E-state index contributed by atoms with van der Waals surface area (Å²) in [6.07, 6.45) is 25.4. The van der Waals surface area contributed by atoms with Gasteiger partial charge in [-0.15, -0.1) is 0 Å². The van der Waals surface area contributed by atoms with Gasteiger partial charge in [-0.05, 0) is 39.0 Å². The molecule has 0 nitrogen and oxygen atoms in total. The fourth-order valence-electron chi connectivity index (χ4n) is 3.61. The Hall–Kier alpha value is 0.430. The molecule has 1 unspecified atom stereocenters. The second-order valence-corrected chi connectivity index (χ2v) is 12.0. The van der Waals surface area contributed by atoms with E-state index in [1.165, 1.54) is 89.6 Å². The topological polar surface area (TPSA) is 0 Å².